The van der Waals surface area contributed by atoms with E-state index in [1.807, 2.05) is 18.2 Å². The minimum atomic E-state index is -0.459. The number of benzene rings is 2. The molecular formula is C24H21FN4O2. The highest BCUT2D eigenvalue weighted by Gasteiger charge is 2.36. The fourth-order valence-corrected chi connectivity index (χ4v) is 3.95. The Labute approximate surface area is 179 Å². The van der Waals surface area contributed by atoms with Gasteiger partial charge >= 0.3 is 0 Å². The van der Waals surface area contributed by atoms with Crippen LogP contribution in [0.4, 0.5) is 4.39 Å². The van der Waals surface area contributed by atoms with E-state index < -0.39 is 6.10 Å². The summed E-state index contributed by atoms with van der Waals surface area (Å²) >= 11 is 0. The topological polar surface area (TPSA) is 75.3 Å². The number of aliphatic hydroxyl groups is 1. The van der Waals surface area contributed by atoms with Crippen LogP contribution >= 0.6 is 0 Å². The molecule has 6 nitrogen and oxygen atoms in total. The SMILES string of the molecule is O[C@@H]1C[C@@H](c2nc(-c3ccc(F)cc3)no2)N(Cc2ccc(-c3ccccn3)cc2)C1. The molecule has 0 spiro atoms. The number of hydrogen-bond acceptors (Lipinski definition) is 6. The minimum absolute atomic E-state index is 0.174. The number of hydrogen-bond donors (Lipinski definition) is 1. The van der Waals surface area contributed by atoms with Gasteiger partial charge < -0.3 is 9.63 Å². The number of aromatic nitrogens is 3. The van der Waals surface area contributed by atoms with Crippen molar-refractivity contribution in [2.24, 2.45) is 0 Å². The van der Waals surface area contributed by atoms with Crippen LogP contribution in [0, 0.1) is 5.82 Å². The lowest BCUT2D eigenvalue weighted by atomic mass is 10.1. The average Bonchev–Trinajstić information content (AvgIpc) is 3.42. The second kappa shape index (κ2) is 8.37. The lowest BCUT2D eigenvalue weighted by Crippen LogP contribution is -2.24. The first-order chi connectivity index (χ1) is 15.2. The molecule has 0 saturated carbocycles. The molecule has 7 heteroatoms. The van der Waals surface area contributed by atoms with Crippen molar-refractivity contribution in [3.05, 3.63) is 90.2 Å². The van der Waals surface area contributed by atoms with Gasteiger partial charge in [-0.25, -0.2) is 4.39 Å². The number of halogens is 1. The summed E-state index contributed by atoms with van der Waals surface area (Å²) in [6.45, 7) is 1.18. The van der Waals surface area contributed by atoms with E-state index in [0.29, 0.717) is 36.8 Å². The van der Waals surface area contributed by atoms with E-state index in [9.17, 15) is 9.50 Å². The molecular weight excluding hydrogens is 395 g/mol. The molecule has 1 aliphatic heterocycles. The maximum Gasteiger partial charge on any atom is 0.244 e. The fraction of sp³-hybridized carbons (Fsp3) is 0.208. The highest BCUT2D eigenvalue weighted by molar-refractivity contribution is 5.59. The third kappa shape index (κ3) is 4.23. The van der Waals surface area contributed by atoms with Gasteiger partial charge in [-0.15, -0.1) is 0 Å². The van der Waals surface area contributed by atoms with E-state index in [4.69, 9.17) is 4.52 Å². The molecule has 0 aliphatic carbocycles. The van der Waals surface area contributed by atoms with Gasteiger partial charge in [0.2, 0.25) is 11.7 Å². The molecule has 4 aromatic rings. The summed E-state index contributed by atoms with van der Waals surface area (Å²) < 4.78 is 18.7. The largest absolute Gasteiger partial charge is 0.392 e. The summed E-state index contributed by atoms with van der Waals surface area (Å²) in [6.07, 6.45) is 1.85. The van der Waals surface area contributed by atoms with Gasteiger partial charge in [-0.05, 0) is 48.4 Å². The van der Waals surface area contributed by atoms with Crippen molar-refractivity contribution in [3.8, 4) is 22.6 Å². The van der Waals surface area contributed by atoms with Gasteiger partial charge in [-0.2, -0.15) is 4.98 Å². The highest BCUT2D eigenvalue weighted by Crippen LogP contribution is 2.33. The Morgan fingerprint density at radius 1 is 1.00 bits per heavy atom. The monoisotopic (exact) mass is 416 g/mol. The summed E-state index contributed by atoms with van der Waals surface area (Å²) in [7, 11) is 0. The zero-order valence-electron chi connectivity index (χ0n) is 16.7. The van der Waals surface area contributed by atoms with Gasteiger partial charge in [0, 0.05) is 30.4 Å². The quantitative estimate of drug-likeness (QED) is 0.524. The summed E-state index contributed by atoms with van der Waals surface area (Å²) in [5.41, 5.74) is 3.80. The number of pyridine rings is 1. The molecule has 0 unspecified atom stereocenters. The molecule has 0 radical (unpaired) electrons. The Kier molecular flexibility index (Phi) is 5.28. The van der Waals surface area contributed by atoms with Crippen LogP contribution in [-0.2, 0) is 6.54 Å². The molecule has 1 saturated heterocycles. The standard InChI is InChI=1S/C24H21FN4O2/c25-19-10-8-18(9-11-19)23-27-24(31-28-23)22-13-20(30)15-29(22)14-16-4-6-17(7-5-16)21-3-1-2-12-26-21/h1-12,20,22,30H,13-15H2/t20-,22+/m1/s1. The fourth-order valence-electron chi connectivity index (χ4n) is 3.95. The summed E-state index contributed by atoms with van der Waals surface area (Å²) in [6, 6.07) is 19.9. The first-order valence-corrected chi connectivity index (χ1v) is 10.2. The van der Waals surface area contributed by atoms with Crippen LogP contribution in [-0.4, -0.2) is 37.8 Å². The van der Waals surface area contributed by atoms with Crippen molar-refractivity contribution in [2.45, 2.75) is 25.1 Å². The third-order valence-electron chi connectivity index (χ3n) is 5.51. The smallest absolute Gasteiger partial charge is 0.244 e. The predicted molar refractivity (Wildman–Crippen MR) is 113 cm³/mol. The van der Waals surface area contributed by atoms with Gasteiger partial charge in [-0.1, -0.05) is 35.5 Å². The van der Waals surface area contributed by atoms with Crippen LogP contribution < -0.4 is 0 Å². The van der Waals surface area contributed by atoms with E-state index in [2.05, 4.69) is 44.3 Å². The molecule has 156 valence electrons. The summed E-state index contributed by atoms with van der Waals surface area (Å²) in [5.74, 6) is 0.559. The molecule has 2 atom stereocenters. The van der Waals surface area contributed by atoms with Gasteiger partial charge in [-0.3, -0.25) is 9.88 Å². The van der Waals surface area contributed by atoms with E-state index in [1.165, 1.54) is 12.1 Å². The Morgan fingerprint density at radius 2 is 1.77 bits per heavy atom. The van der Waals surface area contributed by atoms with E-state index >= 15 is 0 Å². The molecule has 1 fully saturated rings. The second-order valence-corrected chi connectivity index (χ2v) is 7.71. The zero-order valence-corrected chi connectivity index (χ0v) is 16.7. The van der Waals surface area contributed by atoms with Crippen molar-refractivity contribution in [3.63, 3.8) is 0 Å². The molecule has 31 heavy (non-hydrogen) atoms. The van der Waals surface area contributed by atoms with Crippen LogP contribution in [0.1, 0.15) is 23.9 Å². The molecule has 2 aromatic heterocycles. The Bertz CT molecular complexity index is 1150. The van der Waals surface area contributed by atoms with E-state index in [0.717, 1.165) is 16.8 Å². The van der Waals surface area contributed by atoms with Gasteiger partial charge in [0.05, 0.1) is 17.8 Å². The summed E-state index contributed by atoms with van der Waals surface area (Å²) in [4.78, 5) is 11.0. The molecule has 0 bridgehead atoms. The van der Waals surface area contributed by atoms with Crippen molar-refractivity contribution in [1.29, 1.82) is 0 Å². The Hall–Kier alpha value is -3.42. The maximum absolute atomic E-state index is 13.2. The van der Waals surface area contributed by atoms with Crippen LogP contribution in [0.25, 0.3) is 22.6 Å². The van der Waals surface area contributed by atoms with Crippen molar-refractivity contribution >= 4 is 0 Å². The lowest BCUT2D eigenvalue weighted by Gasteiger charge is -2.21. The van der Waals surface area contributed by atoms with Crippen molar-refractivity contribution in [1.82, 2.24) is 20.0 Å². The van der Waals surface area contributed by atoms with Crippen LogP contribution in [0.3, 0.4) is 0 Å². The van der Waals surface area contributed by atoms with Crippen molar-refractivity contribution < 1.29 is 14.0 Å². The van der Waals surface area contributed by atoms with Gasteiger partial charge in [0.25, 0.3) is 0 Å². The second-order valence-electron chi connectivity index (χ2n) is 7.71. The highest BCUT2D eigenvalue weighted by atomic mass is 19.1. The molecule has 3 heterocycles. The number of β-amino-alcohol motifs (C(OH)–C–C–N with tert-alkyl or cyclic N) is 1. The molecule has 5 rings (SSSR count). The Morgan fingerprint density at radius 3 is 2.52 bits per heavy atom. The molecule has 1 aliphatic rings. The third-order valence-corrected chi connectivity index (χ3v) is 5.51. The number of likely N-dealkylation sites (tertiary alicyclic amines) is 1. The first kappa shape index (κ1) is 19.5. The van der Waals surface area contributed by atoms with Gasteiger partial charge in [0.15, 0.2) is 0 Å². The minimum Gasteiger partial charge on any atom is -0.392 e. The molecule has 0 amide bonds. The van der Waals surface area contributed by atoms with Crippen LogP contribution in [0.5, 0.6) is 0 Å². The maximum atomic E-state index is 13.2. The summed E-state index contributed by atoms with van der Waals surface area (Å²) in [5, 5.41) is 14.3. The van der Waals surface area contributed by atoms with Gasteiger partial charge in [0.1, 0.15) is 5.82 Å². The number of nitrogens with zero attached hydrogens (tertiary/aromatic N) is 4. The molecule has 2 aromatic carbocycles. The predicted octanol–water partition coefficient (Wildman–Crippen LogP) is 4.25. The Balaban J connectivity index is 1.33. The van der Waals surface area contributed by atoms with E-state index in [1.54, 1.807) is 18.3 Å². The number of rotatable bonds is 5. The average molecular weight is 416 g/mol. The molecule has 1 N–H and O–H groups in total. The first-order valence-electron chi connectivity index (χ1n) is 10.2. The van der Waals surface area contributed by atoms with Crippen molar-refractivity contribution in [2.75, 3.05) is 6.54 Å². The lowest BCUT2D eigenvalue weighted by molar-refractivity contribution is 0.169. The van der Waals surface area contributed by atoms with Crippen LogP contribution in [0.2, 0.25) is 0 Å². The normalized spacial score (nSPS) is 19.0. The van der Waals surface area contributed by atoms with E-state index in [-0.39, 0.29) is 11.9 Å². The zero-order chi connectivity index (χ0) is 21.2. The number of aliphatic hydroxyl groups excluding tert-OH is 1. The van der Waals surface area contributed by atoms with Crippen LogP contribution in [0.15, 0.2) is 77.4 Å².